The van der Waals surface area contributed by atoms with Crippen LogP contribution in [0, 0.1) is 11.8 Å². The third kappa shape index (κ3) is 5.27. The molecule has 0 saturated carbocycles. The van der Waals surface area contributed by atoms with Crippen molar-refractivity contribution in [1.29, 1.82) is 0 Å². The Kier molecular flexibility index (Phi) is 9.70. The lowest BCUT2D eigenvalue weighted by Gasteiger charge is -2.42. The van der Waals surface area contributed by atoms with Crippen LogP contribution < -0.4 is 0 Å². The van der Waals surface area contributed by atoms with Crippen molar-refractivity contribution in [2.24, 2.45) is 11.8 Å². The summed E-state index contributed by atoms with van der Waals surface area (Å²) >= 11 is 0. The Morgan fingerprint density at radius 1 is 1.00 bits per heavy atom. The van der Waals surface area contributed by atoms with Gasteiger partial charge in [0.1, 0.15) is 5.78 Å². The molecular formula is C20H40O3Si. The molecule has 0 bridgehead atoms. The minimum absolute atomic E-state index is 0.0860. The van der Waals surface area contributed by atoms with Gasteiger partial charge in [0.05, 0.1) is 6.10 Å². The fraction of sp³-hybridized carbons (Fsp3) is 0.850. The van der Waals surface area contributed by atoms with Crippen LogP contribution in [0.5, 0.6) is 0 Å². The quantitative estimate of drug-likeness (QED) is 0.424. The number of hydrogen-bond donors (Lipinski definition) is 1. The molecular weight excluding hydrogens is 316 g/mol. The molecule has 0 aliphatic rings. The van der Waals surface area contributed by atoms with Crippen molar-refractivity contribution < 1.29 is 14.3 Å². The Labute approximate surface area is 151 Å². The van der Waals surface area contributed by atoms with Gasteiger partial charge in [-0.2, -0.15) is 0 Å². The van der Waals surface area contributed by atoms with Gasteiger partial charge >= 0.3 is 0 Å². The molecule has 0 rings (SSSR count). The molecule has 0 radical (unpaired) electrons. The number of hydrogen-bond acceptors (Lipinski definition) is 3. The van der Waals surface area contributed by atoms with E-state index in [-0.39, 0.29) is 11.7 Å². The SMILES string of the molecule is C/C=C(\C)[C@H](O)[C@@H](C)C(=O)[C@@H](C)CO[Si](C(C)C)(C(C)C)C(C)C. The molecule has 0 aliphatic carbocycles. The number of ketones is 1. The minimum atomic E-state index is -1.95. The Morgan fingerprint density at radius 2 is 1.42 bits per heavy atom. The van der Waals surface area contributed by atoms with E-state index in [0.717, 1.165) is 5.57 Å². The second kappa shape index (κ2) is 9.88. The standard InChI is InChI=1S/C20H40O3Si/c1-11-16(8)19(21)18(10)20(22)17(9)12-23-24(13(2)3,14(4)5)15(6)7/h11,13-15,17-19,21H,12H2,1-10H3/b16-11+/t17-,18+,19-/m0/s1. The Hall–Kier alpha value is -0.453. The van der Waals surface area contributed by atoms with E-state index >= 15 is 0 Å². The number of aliphatic hydroxyl groups excluding tert-OH is 1. The molecule has 3 nitrogen and oxygen atoms in total. The van der Waals surface area contributed by atoms with E-state index in [1.165, 1.54) is 0 Å². The van der Waals surface area contributed by atoms with Crippen LogP contribution in [-0.4, -0.2) is 31.9 Å². The van der Waals surface area contributed by atoms with Gasteiger partial charge in [0.25, 0.3) is 0 Å². The molecule has 0 aromatic rings. The monoisotopic (exact) mass is 356 g/mol. The summed E-state index contributed by atoms with van der Waals surface area (Å²) in [6.07, 6.45) is 1.16. The molecule has 0 fully saturated rings. The van der Waals surface area contributed by atoms with Crippen LogP contribution in [0.4, 0.5) is 0 Å². The van der Waals surface area contributed by atoms with Gasteiger partial charge in [-0.05, 0) is 36.0 Å². The molecule has 0 heterocycles. The summed E-state index contributed by atoms with van der Waals surface area (Å²) in [6, 6.07) is 0. The first-order valence-electron chi connectivity index (χ1n) is 9.41. The number of rotatable bonds is 10. The first-order valence-corrected chi connectivity index (χ1v) is 11.6. The maximum Gasteiger partial charge on any atom is 0.200 e. The molecule has 0 aliphatic heterocycles. The second-order valence-corrected chi connectivity index (χ2v) is 13.7. The van der Waals surface area contributed by atoms with Crippen molar-refractivity contribution in [1.82, 2.24) is 0 Å². The zero-order chi connectivity index (χ0) is 19.2. The van der Waals surface area contributed by atoms with E-state index in [0.29, 0.717) is 23.2 Å². The molecule has 3 atom stereocenters. The van der Waals surface area contributed by atoms with Crippen LogP contribution >= 0.6 is 0 Å². The van der Waals surface area contributed by atoms with Crippen LogP contribution in [0.2, 0.25) is 16.6 Å². The van der Waals surface area contributed by atoms with E-state index in [4.69, 9.17) is 4.43 Å². The number of allylic oxidation sites excluding steroid dienone is 1. The summed E-state index contributed by atoms with van der Waals surface area (Å²) in [5.74, 6) is -0.502. The zero-order valence-electron chi connectivity index (χ0n) is 17.5. The van der Waals surface area contributed by atoms with Gasteiger partial charge in [0.2, 0.25) is 0 Å². The highest BCUT2D eigenvalue weighted by Gasteiger charge is 2.45. The van der Waals surface area contributed by atoms with Crippen LogP contribution in [0.3, 0.4) is 0 Å². The largest absolute Gasteiger partial charge is 0.415 e. The van der Waals surface area contributed by atoms with Crippen LogP contribution in [0.25, 0.3) is 0 Å². The van der Waals surface area contributed by atoms with Crippen LogP contribution in [0.15, 0.2) is 11.6 Å². The van der Waals surface area contributed by atoms with Crippen LogP contribution in [0.1, 0.15) is 69.2 Å². The molecule has 0 unspecified atom stereocenters. The zero-order valence-corrected chi connectivity index (χ0v) is 18.5. The fourth-order valence-electron chi connectivity index (χ4n) is 4.02. The lowest BCUT2D eigenvalue weighted by molar-refractivity contribution is -0.129. The fourth-order valence-corrected chi connectivity index (χ4v) is 9.56. The van der Waals surface area contributed by atoms with Gasteiger partial charge in [-0.25, -0.2) is 0 Å². The van der Waals surface area contributed by atoms with Gasteiger partial charge in [-0.3, -0.25) is 4.79 Å². The molecule has 0 spiro atoms. The molecule has 24 heavy (non-hydrogen) atoms. The Balaban J connectivity index is 5.10. The molecule has 142 valence electrons. The van der Waals surface area contributed by atoms with E-state index in [1.807, 2.05) is 33.8 Å². The lowest BCUT2D eigenvalue weighted by Crippen LogP contribution is -2.49. The molecule has 0 saturated heterocycles. The van der Waals surface area contributed by atoms with Crippen molar-refractivity contribution in [2.75, 3.05) is 6.61 Å². The highest BCUT2D eigenvalue weighted by atomic mass is 28.4. The van der Waals surface area contributed by atoms with Crippen LogP contribution in [-0.2, 0) is 9.22 Å². The van der Waals surface area contributed by atoms with Crippen molar-refractivity contribution >= 4 is 14.1 Å². The molecule has 0 aromatic heterocycles. The van der Waals surface area contributed by atoms with Gasteiger partial charge in [0, 0.05) is 18.4 Å². The normalized spacial score (nSPS) is 17.5. The molecule has 0 aromatic carbocycles. The van der Waals surface area contributed by atoms with E-state index < -0.39 is 20.3 Å². The third-order valence-corrected chi connectivity index (χ3v) is 11.7. The summed E-state index contributed by atoms with van der Waals surface area (Å²) in [7, 11) is -1.95. The maximum atomic E-state index is 12.7. The third-order valence-electron chi connectivity index (χ3n) is 5.62. The topological polar surface area (TPSA) is 46.5 Å². The summed E-state index contributed by atoms with van der Waals surface area (Å²) < 4.78 is 6.54. The smallest absolute Gasteiger partial charge is 0.200 e. The van der Waals surface area contributed by atoms with Gasteiger partial charge in [0.15, 0.2) is 8.32 Å². The van der Waals surface area contributed by atoms with E-state index in [2.05, 4.69) is 41.5 Å². The van der Waals surface area contributed by atoms with Crippen molar-refractivity contribution in [3.8, 4) is 0 Å². The average Bonchev–Trinajstić information content (AvgIpc) is 2.51. The summed E-state index contributed by atoms with van der Waals surface area (Å²) in [5, 5.41) is 10.3. The van der Waals surface area contributed by atoms with Gasteiger partial charge < -0.3 is 9.53 Å². The summed E-state index contributed by atoms with van der Waals surface area (Å²) in [6.45, 7) is 21.5. The highest BCUT2D eigenvalue weighted by Crippen LogP contribution is 2.42. The summed E-state index contributed by atoms with van der Waals surface area (Å²) in [4.78, 5) is 12.7. The predicted octanol–water partition coefficient (Wildman–Crippen LogP) is 5.35. The number of aliphatic hydroxyl groups is 1. The number of carbonyl (C=O) groups excluding carboxylic acids is 1. The van der Waals surface area contributed by atoms with Crippen molar-refractivity contribution in [2.45, 2.75) is 92.0 Å². The van der Waals surface area contributed by atoms with E-state index in [9.17, 15) is 9.90 Å². The molecule has 1 N–H and O–H groups in total. The van der Waals surface area contributed by atoms with Gasteiger partial charge in [-0.1, -0.05) is 61.5 Å². The first kappa shape index (κ1) is 23.5. The minimum Gasteiger partial charge on any atom is -0.415 e. The van der Waals surface area contributed by atoms with Crippen molar-refractivity contribution in [3.05, 3.63) is 11.6 Å². The maximum absolute atomic E-state index is 12.7. The summed E-state index contributed by atoms with van der Waals surface area (Å²) in [5.41, 5.74) is 2.37. The first-order chi connectivity index (χ1) is 10.9. The predicted molar refractivity (Wildman–Crippen MR) is 106 cm³/mol. The average molecular weight is 357 g/mol. The van der Waals surface area contributed by atoms with E-state index in [1.54, 1.807) is 0 Å². The highest BCUT2D eigenvalue weighted by molar-refractivity contribution is 6.77. The Bertz CT molecular complexity index is 405. The molecule has 4 heteroatoms. The Morgan fingerprint density at radius 3 is 1.75 bits per heavy atom. The number of carbonyl (C=O) groups is 1. The second-order valence-electron chi connectivity index (χ2n) is 8.20. The molecule has 0 amide bonds. The number of Topliss-reactive ketones (excluding diaryl/α,β-unsaturated/α-hetero) is 1. The van der Waals surface area contributed by atoms with Gasteiger partial charge in [-0.15, -0.1) is 0 Å². The van der Waals surface area contributed by atoms with Crippen molar-refractivity contribution in [3.63, 3.8) is 0 Å². The lowest BCUT2D eigenvalue weighted by atomic mass is 9.88.